The Balaban J connectivity index is 1.50. The predicted octanol–water partition coefficient (Wildman–Crippen LogP) is 2.97. The number of hydrogen-bond donors (Lipinski definition) is 2. The fourth-order valence-corrected chi connectivity index (χ4v) is 3.87. The number of amides is 2. The molecule has 2 N–H and O–H groups in total. The summed E-state index contributed by atoms with van der Waals surface area (Å²) in [4.78, 5) is 40.2. The van der Waals surface area contributed by atoms with Gasteiger partial charge < -0.3 is 15.2 Å². The lowest BCUT2D eigenvalue weighted by Crippen LogP contribution is -2.34. The topological polar surface area (TPSA) is 170 Å². The molecule has 1 unspecified atom stereocenters. The molecular formula is C21H21ClN8O6. The molecule has 1 atom stereocenters. The van der Waals surface area contributed by atoms with Crippen molar-refractivity contribution < 1.29 is 24.4 Å². The number of aryl methyl sites for hydroxylation is 1. The minimum absolute atomic E-state index is 0.0121. The highest BCUT2D eigenvalue weighted by molar-refractivity contribution is 6.29. The maximum absolute atomic E-state index is 12.9. The summed E-state index contributed by atoms with van der Waals surface area (Å²) in [5.41, 5.74) is 0.802. The zero-order valence-electron chi connectivity index (χ0n) is 19.4. The molecule has 0 saturated carbocycles. The molecule has 0 spiro atoms. The summed E-state index contributed by atoms with van der Waals surface area (Å²) in [6.07, 6.45) is 2.11. The van der Waals surface area contributed by atoms with Crippen molar-refractivity contribution in [3.8, 4) is 5.75 Å². The zero-order valence-corrected chi connectivity index (χ0v) is 20.1. The number of nitro benzene ring substituents is 1. The molecule has 4 aromatic rings. The summed E-state index contributed by atoms with van der Waals surface area (Å²) in [5.74, 6) is -0.341. The van der Waals surface area contributed by atoms with E-state index in [-0.39, 0.29) is 39.7 Å². The number of nitrogens with one attached hydrogen (secondary N) is 1. The standard InChI is InChI=1S/C21H21ClN8O6/c1-11(4-5-28-13-7-14(30(34)35)17(36-3)6-12(13)9-24-28)25-20(31)16-10-23-19-15(27(2)21(32)33)8-18(22)26-29(16)19/h6-11H,4-5H2,1-3H3,(H,25,31)(H,32,33). The Labute approximate surface area is 208 Å². The van der Waals surface area contributed by atoms with Crippen LogP contribution in [0.4, 0.5) is 16.2 Å². The lowest BCUT2D eigenvalue weighted by molar-refractivity contribution is -0.385. The second-order valence-corrected chi connectivity index (χ2v) is 8.33. The van der Waals surface area contributed by atoms with Gasteiger partial charge in [0.2, 0.25) is 0 Å². The number of benzene rings is 1. The molecule has 0 radical (unpaired) electrons. The van der Waals surface area contributed by atoms with Crippen molar-refractivity contribution in [2.45, 2.75) is 25.9 Å². The van der Waals surface area contributed by atoms with Crippen molar-refractivity contribution in [2.24, 2.45) is 0 Å². The lowest BCUT2D eigenvalue weighted by Gasteiger charge is -2.15. The number of fused-ring (bicyclic) bond motifs is 2. The van der Waals surface area contributed by atoms with Crippen LogP contribution in [0, 0.1) is 10.1 Å². The molecule has 1 aromatic carbocycles. The van der Waals surface area contributed by atoms with Gasteiger partial charge in [0.25, 0.3) is 5.91 Å². The number of carboxylic acid groups (broad SMARTS) is 1. The van der Waals surface area contributed by atoms with Crippen molar-refractivity contribution in [3.63, 3.8) is 0 Å². The summed E-state index contributed by atoms with van der Waals surface area (Å²) in [6, 6.07) is 3.98. The average Bonchev–Trinajstić information content (AvgIpc) is 3.44. The molecule has 2 amide bonds. The van der Waals surface area contributed by atoms with Crippen LogP contribution in [0.1, 0.15) is 23.8 Å². The summed E-state index contributed by atoms with van der Waals surface area (Å²) in [6.45, 7) is 2.17. The smallest absolute Gasteiger partial charge is 0.411 e. The van der Waals surface area contributed by atoms with Gasteiger partial charge in [0, 0.05) is 37.2 Å². The van der Waals surface area contributed by atoms with E-state index in [9.17, 15) is 24.8 Å². The molecule has 15 heteroatoms. The number of carbonyl (C=O) groups is 2. The second kappa shape index (κ2) is 9.65. The number of rotatable bonds is 8. The Morgan fingerprint density at radius 2 is 2.08 bits per heavy atom. The van der Waals surface area contributed by atoms with Crippen LogP contribution < -0.4 is 15.0 Å². The first-order valence-corrected chi connectivity index (χ1v) is 11.0. The third-order valence-corrected chi connectivity index (χ3v) is 5.77. The number of imidazole rings is 1. The summed E-state index contributed by atoms with van der Waals surface area (Å²) >= 11 is 6.05. The van der Waals surface area contributed by atoms with Crippen LogP contribution in [-0.2, 0) is 6.54 Å². The lowest BCUT2D eigenvalue weighted by atomic mass is 10.2. The number of aromatic nitrogens is 5. The van der Waals surface area contributed by atoms with Gasteiger partial charge in [-0.3, -0.25) is 24.5 Å². The minimum Gasteiger partial charge on any atom is -0.490 e. The SMILES string of the molecule is COc1cc2cnn(CCC(C)NC(=O)c3cnc4c(N(C)C(=O)O)cc(Cl)nn34)c2cc1[N+](=O)[O-]. The fraction of sp³-hybridized carbons (Fsp3) is 0.286. The van der Waals surface area contributed by atoms with E-state index < -0.39 is 16.9 Å². The van der Waals surface area contributed by atoms with Gasteiger partial charge in [0.15, 0.2) is 22.2 Å². The number of carbonyl (C=O) groups excluding carboxylic acids is 1. The average molecular weight is 517 g/mol. The normalized spacial score (nSPS) is 12.0. The van der Waals surface area contributed by atoms with Crippen LogP contribution >= 0.6 is 11.6 Å². The molecule has 0 bridgehead atoms. The highest BCUT2D eigenvalue weighted by Gasteiger charge is 2.22. The highest BCUT2D eigenvalue weighted by Crippen LogP contribution is 2.32. The van der Waals surface area contributed by atoms with Crippen molar-refractivity contribution in [3.05, 3.63) is 51.6 Å². The Hall–Kier alpha value is -4.46. The van der Waals surface area contributed by atoms with Crippen LogP contribution in [-0.4, -0.2) is 66.6 Å². The van der Waals surface area contributed by atoms with Crippen molar-refractivity contribution in [1.29, 1.82) is 0 Å². The summed E-state index contributed by atoms with van der Waals surface area (Å²) in [7, 11) is 2.69. The van der Waals surface area contributed by atoms with Crippen LogP contribution in [0.5, 0.6) is 5.75 Å². The molecule has 0 saturated heterocycles. The number of ether oxygens (including phenoxy) is 1. The second-order valence-electron chi connectivity index (χ2n) is 7.94. The van der Waals surface area contributed by atoms with Gasteiger partial charge in [-0.15, -0.1) is 0 Å². The van der Waals surface area contributed by atoms with Crippen molar-refractivity contribution in [2.75, 3.05) is 19.1 Å². The first-order valence-electron chi connectivity index (χ1n) is 10.6. The van der Waals surface area contributed by atoms with Crippen LogP contribution in [0.2, 0.25) is 5.15 Å². The molecule has 0 aliphatic rings. The van der Waals surface area contributed by atoms with E-state index in [2.05, 4.69) is 20.5 Å². The minimum atomic E-state index is -1.23. The molecule has 0 aliphatic carbocycles. The van der Waals surface area contributed by atoms with Crippen LogP contribution in [0.3, 0.4) is 0 Å². The van der Waals surface area contributed by atoms with Crippen LogP contribution in [0.25, 0.3) is 16.6 Å². The molecule has 14 nitrogen and oxygen atoms in total. The number of nitrogens with zero attached hydrogens (tertiary/aromatic N) is 7. The quantitative estimate of drug-likeness (QED) is 0.264. The van der Waals surface area contributed by atoms with Gasteiger partial charge >= 0.3 is 11.8 Å². The van der Waals surface area contributed by atoms with E-state index in [4.69, 9.17) is 16.3 Å². The van der Waals surface area contributed by atoms with Crippen molar-refractivity contribution >= 4 is 51.5 Å². The van der Waals surface area contributed by atoms with Gasteiger partial charge in [0.1, 0.15) is 0 Å². The zero-order chi connectivity index (χ0) is 26.1. The predicted molar refractivity (Wildman–Crippen MR) is 129 cm³/mol. The van der Waals surface area contributed by atoms with Gasteiger partial charge in [-0.1, -0.05) is 11.6 Å². The fourth-order valence-electron chi connectivity index (χ4n) is 3.69. The van der Waals surface area contributed by atoms with E-state index in [1.54, 1.807) is 23.9 Å². The van der Waals surface area contributed by atoms with Gasteiger partial charge in [-0.25, -0.2) is 14.3 Å². The molecule has 36 heavy (non-hydrogen) atoms. The first kappa shape index (κ1) is 24.7. The van der Waals surface area contributed by atoms with Gasteiger partial charge in [-0.05, 0) is 19.4 Å². The Bertz CT molecular complexity index is 1500. The monoisotopic (exact) mass is 516 g/mol. The molecular weight excluding hydrogens is 496 g/mol. The maximum atomic E-state index is 12.9. The molecule has 0 fully saturated rings. The molecule has 3 aromatic heterocycles. The van der Waals surface area contributed by atoms with E-state index in [0.717, 1.165) is 4.90 Å². The van der Waals surface area contributed by atoms with Crippen molar-refractivity contribution in [1.82, 2.24) is 29.7 Å². The number of hydrogen-bond acceptors (Lipinski definition) is 8. The highest BCUT2D eigenvalue weighted by atomic mass is 35.5. The summed E-state index contributed by atoms with van der Waals surface area (Å²) in [5, 5.41) is 32.5. The summed E-state index contributed by atoms with van der Waals surface area (Å²) < 4.78 is 7.90. The number of methoxy groups -OCH3 is 1. The first-order chi connectivity index (χ1) is 17.1. The van der Waals surface area contributed by atoms with E-state index >= 15 is 0 Å². The Morgan fingerprint density at radius 1 is 1.33 bits per heavy atom. The molecule has 3 heterocycles. The Morgan fingerprint density at radius 3 is 2.75 bits per heavy atom. The van der Waals surface area contributed by atoms with Gasteiger partial charge in [0.05, 0.1) is 35.6 Å². The number of halogens is 1. The Kier molecular flexibility index (Phi) is 6.61. The van der Waals surface area contributed by atoms with E-state index in [1.165, 1.54) is 37.0 Å². The number of nitro groups is 1. The van der Waals surface area contributed by atoms with E-state index in [1.807, 2.05) is 0 Å². The molecule has 0 aliphatic heterocycles. The maximum Gasteiger partial charge on any atom is 0.411 e. The van der Waals surface area contributed by atoms with Crippen LogP contribution in [0.15, 0.2) is 30.6 Å². The number of anilines is 1. The third kappa shape index (κ3) is 4.57. The molecule has 4 rings (SSSR count). The van der Waals surface area contributed by atoms with E-state index in [0.29, 0.717) is 23.9 Å². The van der Waals surface area contributed by atoms with Gasteiger partial charge in [-0.2, -0.15) is 10.2 Å². The largest absolute Gasteiger partial charge is 0.490 e. The third-order valence-electron chi connectivity index (χ3n) is 5.59. The molecule has 188 valence electrons.